The topological polar surface area (TPSA) is 76.7 Å². The second-order valence-electron chi connectivity index (χ2n) is 4.70. The summed E-state index contributed by atoms with van der Waals surface area (Å²) in [6.45, 7) is 1.90. The van der Waals surface area contributed by atoms with Gasteiger partial charge in [0.1, 0.15) is 5.75 Å². The first-order valence-corrected chi connectivity index (χ1v) is 8.09. The number of ether oxygens (including phenoxy) is 1. The highest BCUT2D eigenvalue weighted by Gasteiger charge is 2.13. The van der Waals surface area contributed by atoms with E-state index in [1.807, 2.05) is 12.1 Å². The van der Waals surface area contributed by atoms with Crippen LogP contribution in [0.2, 0.25) is 0 Å². The Balaban J connectivity index is 1.95. The monoisotopic (exact) mass is 392 g/mol. The number of nitrogens with one attached hydrogen (secondary N) is 2. The molecule has 0 spiro atoms. The zero-order valence-electron chi connectivity index (χ0n) is 13.0. The second-order valence-corrected chi connectivity index (χ2v) is 5.62. The lowest BCUT2D eigenvalue weighted by Gasteiger charge is -2.11. The van der Waals surface area contributed by atoms with Crippen LogP contribution in [-0.2, 0) is 9.63 Å². The van der Waals surface area contributed by atoms with Gasteiger partial charge in [0.2, 0.25) is 0 Å². The summed E-state index contributed by atoms with van der Waals surface area (Å²) in [7, 11) is 0. The summed E-state index contributed by atoms with van der Waals surface area (Å²) in [6.07, 6.45) is 0. The van der Waals surface area contributed by atoms with E-state index in [-0.39, 0.29) is 12.5 Å². The number of rotatable bonds is 7. The molecular formula is C17H17BrN2O4. The van der Waals surface area contributed by atoms with Gasteiger partial charge in [-0.1, -0.05) is 28.1 Å². The Morgan fingerprint density at radius 2 is 1.79 bits per heavy atom. The molecule has 0 fully saturated rings. The minimum Gasteiger partial charge on any atom is -0.483 e. The Labute approximate surface area is 148 Å². The lowest BCUT2D eigenvalue weighted by atomic mass is 10.2. The van der Waals surface area contributed by atoms with Crippen LogP contribution in [0.25, 0.3) is 0 Å². The van der Waals surface area contributed by atoms with Gasteiger partial charge < -0.3 is 10.1 Å². The first kappa shape index (κ1) is 18.0. The quantitative estimate of drug-likeness (QED) is 0.709. The van der Waals surface area contributed by atoms with E-state index in [9.17, 15) is 9.59 Å². The Kier molecular flexibility index (Phi) is 6.77. The van der Waals surface area contributed by atoms with Gasteiger partial charge in [0.05, 0.1) is 12.2 Å². The summed E-state index contributed by atoms with van der Waals surface area (Å²) < 4.78 is 6.38. The largest absolute Gasteiger partial charge is 0.483 e. The summed E-state index contributed by atoms with van der Waals surface area (Å²) in [5, 5.41) is 2.71. The van der Waals surface area contributed by atoms with Crippen LogP contribution in [0.4, 0.5) is 5.69 Å². The number of carbonyl (C=O) groups excluding carboxylic acids is 2. The lowest BCUT2D eigenvalue weighted by Crippen LogP contribution is -2.25. The van der Waals surface area contributed by atoms with E-state index in [2.05, 4.69) is 26.7 Å². The fourth-order valence-electron chi connectivity index (χ4n) is 1.85. The van der Waals surface area contributed by atoms with E-state index in [0.29, 0.717) is 23.6 Å². The van der Waals surface area contributed by atoms with Crippen LogP contribution >= 0.6 is 15.9 Å². The highest BCUT2D eigenvalue weighted by Crippen LogP contribution is 2.18. The molecule has 2 amide bonds. The van der Waals surface area contributed by atoms with Crippen molar-refractivity contribution < 1.29 is 19.2 Å². The first-order valence-electron chi connectivity index (χ1n) is 7.29. The normalized spacial score (nSPS) is 10.1. The zero-order chi connectivity index (χ0) is 17.4. The highest BCUT2D eigenvalue weighted by molar-refractivity contribution is 9.10. The molecule has 7 heteroatoms. The maximum absolute atomic E-state index is 12.0. The predicted octanol–water partition coefficient (Wildman–Crippen LogP) is 3.15. The van der Waals surface area contributed by atoms with Crippen molar-refractivity contribution in [3.05, 3.63) is 58.6 Å². The van der Waals surface area contributed by atoms with E-state index in [4.69, 9.17) is 9.57 Å². The van der Waals surface area contributed by atoms with Crippen LogP contribution in [0.15, 0.2) is 53.0 Å². The van der Waals surface area contributed by atoms with Crippen molar-refractivity contribution >= 4 is 33.4 Å². The van der Waals surface area contributed by atoms with Gasteiger partial charge in [0.15, 0.2) is 6.61 Å². The zero-order valence-corrected chi connectivity index (χ0v) is 14.6. The van der Waals surface area contributed by atoms with E-state index in [1.54, 1.807) is 43.3 Å². The van der Waals surface area contributed by atoms with Crippen molar-refractivity contribution in [2.24, 2.45) is 0 Å². The van der Waals surface area contributed by atoms with E-state index in [0.717, 1.165) is 4.47 Å². The summed E-state index contributed by atoms with van der Waals surface area (Å²) >= 11 is 3.33. The lowest BCUT2D eigenvalue weighted by molar-refractivity contribution is -0.118. The highest BCUT2D eigenvalue weighted by atomic mass is 79.9. The molecule has 0 aliphatic heterocycles. The first-order chi connectivity index (χ1) is 11.6. The number of hydroxylamine groups is 1. The van der Waals surface area contributed by atoms with Crippen molar-refractivity contribution in [1.29, 1.82) is 0 Å². The van der Waals surface area contributed by atoms with Crippen LogP contribution in [0, 0.1) is 0 Å². The summed E-state index contributed by atoms with van der Waals surface area (Å²) in [5.41, 5.74) is 3.25. The molecule has 126 valence electrons. The van der Waals surface area contributed by atoms with Gasteiger partial charge >= 0.3 is 0 Å². The van der Waals surface area contributed by atoms with Crippen molar-refractivity contribution in [1.82, 2.24) is 5.48 Å². The minimum absolute atomic E-state index is 0.213. The molecule has 6 nitrogen and oxygen atoms in total. The van der Waals surface area contributed by atoms with Gasteiger partial charge in [-0.05, 0) is 43.3 Å². The second kappa shape index (κ2) is 9.05. The molecule has 24 heavy (non-hydrogen) atoms. The molecule has 0 aliphatic rings. The van der Waals surface area contributed by atoms with Crippen LogP contribution in [0.5, 0.6) is 5.75 Å². The predicted molar refractivity (Wildman–Crippen MR) is 93.8 cm³/mol. The number of amides is 2. The molecule has 0 aromatic heterocycles. The molecule has 0 aliphatic carbocycles. The van der Waals surface area contributed by atoms with Gasteiger partial charge in [0, 0.05) is 10.2 Å². The van der Waals surface area contributed by atoms with Crippen LogP contribution in [0.1, 0.15) is 17.3 Å². The van der Waals surface area contributed by atoms with E-state index in [1.165, 1.54) is 0 Å². The van der Waals surface area contributed by atoms with Crippen molar-refractivity contribution in [2.45, 2.75) is 6.92 Å². The van der Waals surface area contributed by atoms with Gasteiger partial charge in [-0.3, -0.25) is 14.4 Å². The summed E-state index contributed by atoms with van der Waals surface area (Å²) in [5.74, 6) is -0.446. The molecule has 2 aromatic carbocycles. The number of carbonyl (C=O) groups is 2. The summed E-state index contributed by atoms with van der Waals surface area (Å²) in [6, 6.07) is 13.8. The fraction of sp³-hybridized carbons (Fsp3) is 0.176. The fourth-order valence-corrected chi connectivity index (χ4v) is 2.11. The Morgan fingerprint density at radius 3 is 2.50 bits per heavy atom. The standard InChI is InChI=1S/C17H17BrN2O4/c1-2-24-20-17(22)14-5-3-4-6-15(14)23-11-16(21)19-13-9-7-12(18)8-10-13/h3-10H,2,11H2,1H3,(H,19,21)(H,20,22). The number of anilines is 1. The molecule has 0 atom stereocenters. The molecule has 0 saturated carbocycles. The van der Waals surface area contributed by atoms with Crippen molar-refractivity contribution in [3.63, 3.8) is 0 Å². The molecule has 2 aromatic rings. The molecule has 0 unspecified atom stereocenters. The molecule has 0 radical (unpaired) electrons. The number of hydrogen-bond acceptors (Lipinski definition) is 4. The van der Waals surface area contributed by atoms with Gasteiger partial charge in [-0.2, -0.15) is 0 Å². The number of benzene rings is 2. The minimum atomic E-state index is -0.430. The van der Waals surface area contributed by atoms with Crippen LogP contribution < -0.4 is 15.5 Å². The van der Waals surface area contributed by atoms with E-state index >= 15 is 0 Å². The third-order valence-corrected chi connectivity index (χ3v) is 3.46. The third-order valence-electron chi connectivity index (χ3n) is 2.93. The maximum atomic E-state index is 12.0. The van der Waals surface area contributed by atoms with Crippen molar-refractivity contribution in [2.75, 3.05) is 18.5 Å². The van der Waals surface area contributed by atoms with E-state index < -0.39 is 5.91 Å². The number of para-hydroxylation sites is 1. The van der Waals surface area contributed by atoms with Crippen molar-refractivity contribution in [3.8, 4) is 5.75 Å². The van der Waals surface area contributed by atoms with Gasteiger partial charge in [-0.15, -0.1) is 0 Å². The Morgan fingerprint density at radius 1 is 1.08 bits per heavy atom. The Bertz CT molecular complexity index is 704. The van der Waals surface area contributed by atoms with Crippen LogP contribution in [-0.4, -0.2) is 25.0 Å². The Hall–Kier alpha value is -2.38. The molecule has 0 heterocycles. The molecule has 2 rings (SSSR count). The smallest absolute Gasteiger partial charge is 0.278 e. The van der Waals surface area contributed by atoms with Crippen LogP contribution in [0.3, 0.4) is 0 Å². The van der Waals surface area contributed by atoms with Gasteiger partial charge in [-0.25, -0.2) is 5.48 Å². The van der Waals surface area contributed by atoms with Gasteiger partial charge in [0.25, 0.3) is 11.8 Å². The average molecular weight is 393 g/mol. The number of hydrogen-bond donors (Lipinski definition) is 2. The SMILES string of the molecule is CCONC(=O)c1ccccc1OCC(=O)Nc1ccc(Br)cc1. The maximum Gasteiger partial charge on any atom is 0.278 e. The third kappa shape index (κ3) is 5.36. The summed E-state index contributed by atoms with van der Waals surface area (Å²) in [4.78, 5) is 28.8. The molecule has 2 N–H and O–H groups in total. The molecular weight excluding hydrogens is 376 g/mol. The average Bonchev–Trinajstić information content (AvgIpc) is 2.60. The number of halogens is 1. The molecule has 0 bridgehead atoms. The molecule has 0 saturated heterocycles.